The molecule has 2 nitrogen and oxygen atoms in total. The van der Waals surface area contributed by atoms with E-state index in [0.717, 1.165) is 30.2 Å². The number of benzene rings is 2. The Kier molecular flexibility index (Phi) is 3.95. The van der Waals surface area contributed by atoms with Crippen LogP contribution in [-0.2, 0) is 13.0 Å². The molecule has 0 aliphatic heterocycles. The molecule has 3 heteroatoms. The summed E-state index contributed by atoms with van der Waals surface area (Å²) >= 11 is 5.90. The van der Waals surface area contributed by atoms with E-state index in [0.29, 0.717) is 6.04 Å². The molecule has 104 valence electrons. The van der Waals surface area contributed by atoms with Crippen molar-refractivity contribution in [1.29, 1.82) is 0 Å². The minimum absolute atomic E-state index is 0.413. The van der Waals surface area contributed by atoms with E-state index in [9.17, 15) is 0 Å². The van der Waals surface area contributed by atoms with Gasteiger partial charge in [-0.15, -0.1) is 0 Å². The van der Waals surface area contributed by atoms with Crippen LogP contribution in [0.2, 0.25) is 5.02 Å². The molecule has 2 aromatic rings. The van der Waals surface area contributed by atoms with Crippen LogP contribution in [0.25, 0.3) is 0 Å². The number of fused-ring (bicyclic) bond motifs is 1. The van der Waals surface area contributed by atoms with Crippen LogP contribution in [0.3, 0.4) is 0 Å². The highest BCUT2D eigenvalue weighted by Crippen LogP contribution is 2.33. The quantitative estimate of drug-likeness (QED) is 0.913. The van der Waals surface area contributed by atoms with Crippen LogP contribution in [0.5, 0.6) is 5.75 Å². The number of hydrogen-bond acceptors (Lipinski definition) is 2. The first-order valence-corrected chi connectivity index (χ1v) is 7.28. The molecule has 0 heterocycles. The maximum Gasteiger partial charge on any atom is 0.119 e. The molecular weight excluding hydrogens is 270 g/mol. The summed E-state index contributed by atoms with van der Waals surface area (Å²) in [6, 6.07) is 14.8. The van der Waals surface area contributed by atoms with Crippen molar-refractivity contribution in [1.82, 2.24) is 5.32 Å². The Morgan fingerprint density at radius 1 is 1.20 bits per heavy atom. The Labute approximate surface area is 124 Å². The minimum atomic E-state index is 0.413. The van der Waals surface area contributed by atoms with Gasteiger partial charge in [0.2, 0.25) is 0 Å². The van der Waals surface area contributed by atoms with Gasteiger partial charge in [-0.1, -0.05) is 29.8 Å². The summed E-state index contributed by atoms with van der Waals surface area (Å²) in [6.07, 6.45) is 2.29. The van der Waals surface area contributed by atoms with E-state index in [-0.39, 0.29) is 0 Å². The molecule has 1 N–H and O–H groups in total. The maximum absolute atomic E-state index is 5.90. The van der Waals surface area contributed by atoms with Crippen molar-refractivity contribution in [2.75, 3.05) is 7.11 Å². The normalized spacial score (nSPS) is 17.0. The highest BCUT2D eigenvalue weighted by Gasteiger charge is 2.22. The highest BCUT2D eigenvalue weighted by atomic mass is 35.5. The van der Waals surface area contributed by atoms with Crippen molar-refractivity contribution in [2.45, 2.75) is 25.4 Å². The van der Waals surface area contributed by atoms with Crippen molar-refractivity contribution in [3.8, 4) is 5.75 Å². The maximum atomic E-state index is 5.90. The van der Waals surface area contributed by atoms with Gasteiger partial charge < -0.3 is 10.1 Å². The summed E-state index contributed by atoms with van der Waals surface area (Å²) in [5.74, 6) is 0.934. The monoisotopic (exact) mass is 287 g/mol. The lowest BCUT2D eigenvalue weighted by atomic mass is 10.1. The first kappa shape index (κ1) is 13.5. The van der Waals surface area contributed by atoms with Crippen molar-refractivity contribution in [3.05, 3.63) is 64.2 Å². The molecule has 0 fully saturated rings. The first-order chi connectivity index (χ1) is 9.76. The number of rotatable bonds is 4. The fourth-order valence-electron chi connectivity index (χ4n) is 2.76. The summed E-state index contributed by atoms with van der Waals surface area (Å²) in [4.78, 5) is 0. The Bertz CT molecular complexity index is 594. The first-order valence-electron chi connectivity index (χ1n) is 6.91. The van der Waals surface area contributed by atoms with Crippen molar-refractivity contribution in [2.24, 2.45) is 0 Å². The fraction of sp³-hybridized carbons (Fsp3) is 0.294. The van der Waals surface area contributed by atoms with Crippen LogP contribution in [-0.4, -0.2) is 7.11 Å². The SMILES string of the molecule is COc1ccc2c(c1)C(NCc1ccc(Cl)cc1)CC2. The second-order valence-corrected chi connectivity index (χ2v) is 5.60. The van der Waals surface area contributed by atoms with E-state index in [1.54, 1.807) is 7.11 Å². The van der Waals surface area contributed by atoms with Crippen molar-refractivity contribution in [3.63, 3.8) is 0 Å². The Morgan fingerprint density at radius 2 is 2.00 bits per heavy atom. The van der Waals surface area contributed by atoms with E-state index < -0.39 is 0 Å². The molecule has 3 rings (SSSR count). The van der Waals surface area contributed by atoms with Crippen LogP contribution >= 0.6 is 11.6 Å². The van der Waals surface area contributed by atoms with Gasteiger partial charge in [0, 0.05) is 17.6 Å². The van der Waals surface area contributed by atoms with E-state index in [4.69, 9.17) is 16.3 Å². The number of nitrogens with one attached hydrogen (secondary N) is 1. The van der Waals surface area contributed by atoms with Crippen molar-refractivity contribution >= 4 is 11.6 Å². The molecule has 0 radical (unpaired) electrons. The predicted octanol–water partition coefficient (Wildman–Crippen LogP) is 4.13. The van der Waals surface area contributed by atoms with E-state index in [2.05, 4.69) is 29.6 Å². The van der Waals surface area contributed by atoms with Crippen LogP contribution in [0, 0.1) is 0 Å². The van der Waals surface area contributed by atoms with Gasteiger partial charge in [0.15, 0.2) is 0 Å². The highest BCUT2D eigenvalue weighted by molar-refractivity contribution is 6.30. The lowest BCUT2D eigenvalue weighted by Crippen LogP contribution is -2.18. The van der Waals surface area contributed by atoms with E-state index in [1.165, 1.54) is 16.7 Å². The average molecular weight is 288 g/mol. The van der Waals surface area contributed by atoms with Crippen LogP contribution in [0.15, 0.2) is 42.5 Å². The Hall–Kier alpha value is -1.51. The predicted molar refractivity (Wildman–Crippen MR) is 82.3 cm³/mol. The van der Waals surface area contributed by atoms with Gasteiger partial charge in [0.25, 0.3) is 0 Å². The summed E-state index contributed by atoms with van der Waals surface area (Å²) < 4.78 is 5.32. The molecule has 20 heavy (non-hydrogen) atoms. The topological polar surface area (TPSA) is 21.3 Å². The number of ether oxygens (including phenoxy) is 1. The van der Waals surface area contributed by atoms with Gasteiger partial charge in [0.1, 0.15) is 5.75 Å². The third-order valence-corrected chi connectivity index (χ3v) is 4.15. The molecule has 1 unspecified atom stereocenters. The molecule has 0 amide bonds. The molecule has 0 bridgehead atoms. The molecule has 0 saturated carbocycles. The van der Waals surface area contributed by atoms with Crippen molar-refractivity contribution < 1.29 is 4.74 Å². The van der Waals surface area contributed by atoms with Gasteiger partial charge in [-0.3, -0.25) is 0 Å². The molecule has 0 spiro atoms. The van der Waals surface area contributed by atoms with E-state index >= 15 is 0 Å². The molecule has 2 aromatic carbocycles. The summed E-state index contributed by atoms with van der Waals surface area (Å²) in [5, 5.41) is 4.41. The summed E-state index contributed by atoms with van der Waals surface area (Å²) in [6.45, 7) is 0.860. The van der Waals surface area contributed by atoms with Crippen LogP contribution < -0.4 is 10.1 Å². The van der Waals surface area contributed by atoms with Gasteiger partial charge in [-0.05, 0) is 53.8 Å². The molecule has 0 saturated heterocycles. The van der Waals surface area contributed by atoms with Crippen LogP contribution in [0.1, 0.15) is 29.2 Å². The van der Waals surface area contributed by atoms with Gasteiger partial charge in [-0.2, -0.15) is 0 Å². The summed E-state index contributed by atoms with van der Waals surface area (Å²) in [5.41, 5.74) is 4.06. The molecule has 0 aromatic heterocycles. The Morgan fingerprint density at radius 3 is 2.75 bits per heavy atom. The Balaban J connectivity index is 1.70. The second kappa shape index (κ2) is 5.86. The smallest absolute Gasteiger partial charge is 0.119 e. The summed E-state index contributed by atoms with van der Waals surface area (Å²) in [7, 11) is 1.72. The molecule has 1 aliphatic rings. The van der Waals surface area contributed by atoms with E-state index in [1.807, 2.05) is 18.2 Å². The number of hydrogen-bond donors (Lipinski definition) is 1. The third-order valence-electron chi connectivity index (χ3n) is 3.90. The average Bonchev–Trinajstić information content (AvgIpc) is 2.89. The molecule has 1 atom stereocenters. The third kappa shape index (κ3) is 2.82. The largest absolute Gasteiger partial charge is 0.497 e. The lowest BCUT2D eigenvalue weighted by molar-refractivity contribution is 0.413. The zero-order valence-electron chi connectivity index (χ0n) is 11.5. The fourth-order valence-corrected chi connectivity index (χ4v) is 2.89. The van der Waals surface area contributed by atoms with Gasteiger partial charge >= 0.3 is 0 Å². The lowest BCUT2D eigenvalue weighted by Gasteiger charge is -2.15. The van der Waals surface area contributed by atoms with Gasteiger partial charge in [-0.25, -0.2) is 0 Å². The number of aryl methyl sites for hydroxylation is 1. The number of methoxy groups -OCH3 is 1. The zero-order valence-corrected chi connectivity index (χ0v) is 12.3. The zero-order chi connectivity index (χ0) is 13.9. The standard InChI is InChI=1S/C17H18ClNO/c1-20-15-8-4-13-5-9-17(16(13)10-15)19-11-12-2-6-14(18)7-3-12/h2-4,6-8,10,17,19H,5,9,11H2,1H3. The molecular formula is C17H18ClNO. The minimum Gasteiger partial charge on any atom is -0.497 e. The van der Waals surface area contributed by atoms with Crippen LogP contribution in [0.4, 0.5) is 0 Å². The number of halogens is 1. The second-order valence-electron chi connectivity index (χ2n) is 5.16. The van der Waals surface area contributed by atoms with Gasteiger partial charge in [0.05, 0.1) is 7.11 Å². The molecule has 1 aliphatic carbocycles.